The quantitative estimate of drug-likeness (QED) is 0.843. The van der Waals surface area contributed by atoms with E-state index in [0.717, 1.165) is 16.0 Å². The molecule has 0 saturated heterocycles. The second-order valence-electron chi connectivity index (χ2n) is 5.55. The van der Waals surface area contributed by atoms with Crippen LogP contribution in [0.15, 0.2) is 18.2 Å². The van der Waals surface area contributed by atoms with Gasteiger partial charge in [0.15, 0.2) is 4.77 Å². The lowest BCUT2D eigenvalue weighted by molar-refractivity contribution is 0.334. The highest BCUT2D eigenvalue weighted by atomic mass is 32.1. The summed E-state index contributed by atoms with van der Waals surface area (Å²) in [7, 11) is 0. The van der Waals surface area contributed by atoms with Crippen molar-refractivity contribution in [2.75, 3.05) is 6.61 Å². The van der Waals surface area contributed by atoms with Gasteiger partial charge in [-0.3, -0.25) is 0 Å². The van der Waals surface area contributed by atoms with Crippen LogP contribution >= 0.6 is 12.2 Å². The van der Waals surface area contributed by atoms with Gasteiger partial charge in [0.2, 0.25) is 0 Å². The van der Waals surface area contributed by atoms with Gasteiger partial charge in [0.25, 0.3) is 0 Å². The zero-order chi connectivity index (χ0) is 13.5. The molecule has 3 nitrogen and oxygen atoms in total. The lowest BCUT2D eigenvalue weighted by Crippen LogP contribution is -2.26. The second kappa shape index (κ2) is 4.67. The maximum atomic E-state index is 5.69. The summed E-state index contributed by atoms with van der Waals surface area (Å²) in [4.78, 5) is 3.34. The average Bonchev–Trinajstić information content (AvgIpc) is 2.94. The van der Waals surface area contributed by atoms with Crippen molar-refractivity contribution in [1.29, 1.82) is 0 Å². The molecule has 1 aromatic heterocycles. The van der Waals surface area contributed by atoms with Crippen molar-refractivity contribution in [2.45, 2.75) is 45.1 Å². The van der Waals surface area contributed by atoms with E-state index in [1.165, 1.54) is 31.2 Å². The Labute approximate surface area is 118 Å². The molecule has 4 heteroatoms. The van der Waals surface area contributed by atoms with Gasteiger partial charge in [-0.25, -0.2) is 0 Å². The number of rotatable bonds is 3. The molecule has 0 radical (unpaired) electrons. The van der Waals surface area contributed by atoms with Gasteiger partial charge in [-0.2, -0.15) is 0 Å². The smallest absolute Gasteiger partial charge is 0.178 e. The lowest BCUT2D eigenvalue weighted by Gasteiger charge is -2.26. The Morgan fingerprint density at radius 3 is 2.79 bits per heavy atom. The third-order valence-electron chi connectivity index (χ3n) is 4.20. The van der Waals surface area contributed by atoms with Crippen LogP contribution in [0.5, 0.6) is 5.75 Å². The number of imidazole rings is 1. The first kappa shape index (κ1) is 12.7. The summed E-state index contributed by atoms with van der Waals surface area (Å²) < 4.78 is 8.80. The average molecular weight is 276 g/mol. The normalized spacial score (nSPS) is 18.0. The molecule has 0 spiro atoms. The molecule has 1 heterocycles. The van der Waals surface area contributed by atoms with Gasteiger partial charge in [-0.05, 0) is 51.0 Å². The summed E-state index contributed by atoms with van der Waals surface area (Å²) in [6.07, 6.45) is 4.98. The molecule has 0 unspecified atom stereocenters. The Morgan fingerprint density at radius 2 is 2.11 bits per heavy atom. The largest absolute Gasteiger partial charge is 0.492 e. The zero-order valence-electron chi connectivity index (χ0n) is 11.5. The fourth-order valence-corrected chi connectivity index (χ4v) is 3.70. The van der Waals surface area contributed by atoms with Crippen LogP contribution in [0, 0.1) is 4.77 Å². The maximum Gasteiger partial charge on any atom is 0.178 e. The number of hydrogen-bond donors (Lipinski definition) is 1. The van der Waals surface area contributed by atoms with Crippen LogP contribution in [0.3, 0.4) is 0 Å². The molecule has 1 fully saturated rings. The molecule has 0 bridgehead atoms. The summed E-state index contributed by atoms with van der Waals surface area (Å²) in [5, 5.41) is 0. The fraction of sp³-hybridized carbons (Fsp3) is 0.533. The van der Waals surface area contributed by atoms with Gasteiger partial charge in [-0.1, -0.05) is 18.9 Å². The van der Waals surface area contributed by atoms with Crippen LogP contribution in [-0.2, 0) is 5.54 Å². The number of ether oxygens (including phenoxy) is 1. The van der Waals surface area contributed by atoms with Crippen molar-refractivity contribution >= 4 is 23.3 Å². The van der Waals surface area contributed by atoms with Crippen molar-refractivity contribution in [3.8, 4) is 5.75 Å². The Kier molecular flexibility index (Phi) is 3.13. The fourth-order valence-electron chi connectivity index (χ4n) is 3.28. The molecule has 0 aliphatic heterocycles. The van der Waals surface area contributed by atoms with E-state index in [4.69, 9.17) is 17.0 Å². The predicted molar refractivity (Wildman–Crippen MR) is 80.4 cm³/mol. The summed E-state index contributed by atoms with van der Waals surface area (Å²) in [5.41, 5.74) is 2.35. The Bertz CT molecular complexity index is 650. The molecule has 1 saturated carbocycles. The molecular weight excluding hydrogens is 256 g/mol. The number of nitrogens with one attached hydrogen (secondary N) is 1. The van der Waals surface area contributed by atoms with Crippen molar-refractivity contribution in [2.24, 2.45) is 0 Å². The second-order valence-corrected chi connectivity index (χ2v) is 5.94. The Hall–Kier alpha value is -1.29. The van der Waals surface area contributed by atoms with Gasteiger partial charge in [0, 0.05) is 5.54 Å². The monoisotopic (exact) mass is 276 g/mol. The van der Waals surface area contributed by atoms with Crippen LogP contribution in [0.2, 0.25) is 0 Å². The lowest BCUT2D eigenvalue weighted by atomic mass is 10.00. The van der Waals surface area contributed by atoms with E-state index in [1.54, 1.807) is 0 Å². The number of fused-ring (bicyclic) bond motifs is 1. The van der Waals surface area contributed by atoms with Crippen LogP contribution in [0.25, 0.3) is 11.0 Å². The van der Waals surface area contributed by atoms with Gasteiger partial charge in [-0.15, -0.1) is 0 Å². The first-order valence-electron chi connectivity index (χ1n) is 7.03. The third kappa shape index (κ3) is 1.98. The van der Waals surface area contributed by atoms with E-state index in [0.29, 0.717) is 6.61 Å². The van der Waals surface area contributed by atoms with Crippen LogP contribution in [0.4, 0.5) is 0 Å². The van der Waals surface area contributed by atoms with Crippen LogP contribution < -0.4 is 4.74 Å². The summed E-state index contributed by atoms with van der Waals surface area (Å²) >= 11 is 5.56. The Morgan fingerprint density at radius 1 is 1.37 bits per heavy atom. The van der Waals surface area contributed by atoms with Gasteiger partial charge in [0.1, 0.15) is 11.3 Å². The molecule has 19 heavy (non-hydrogen) atoms. The van der Waals surface area contributed by atoms with E-state index in [1.807, 2.05) is 19.1 Å². The molecule has 1 aliphatic carbocycles. The van der Waals surface area contributed by atoms with E-state index >= 15 is 0 Å². The van der Waals surface area contributed by atoms with Crippen molar-refractivity contribution in [3.63, 3.8) is 0 Å². The summed E-state index contributed by atoms with van der Waals surface area (Å²) in [5.74, 6) is 0.895. The highest BCUT2D eigenvalue weighted by molar-refractivity contribution is 7.71. The molecule has 0 amide bonds. The number of hydrogen-bond acceptors (Lipinski definition) is 2. The summed E-state index contributed by atoms with van der Waals surface area (Å²) in [6, 6.07) is 6.18. The number of aromatic nitrogens is 2. The number of H-pyrrole nitrogens is 1. The first-order valence-corrected chi connectivity index (χ1v) is 7.43. The molecule has 2 aromatic rings. The van der Waals surface area contributed by atoms with Crippen molar-refractivity contribution in [1.82, 2.24) is 9.55 Å². The van der Waals surface area contributed by atoms with E-state index in [2.05, 4.69) is 22.5 Å². The molecule has 1 aromatic carbocycles. The maximum absolute atomic E-state index is 5.69. The van der Waals surface area contributed by atoms with Crippen molar-refractivity contribution in [3.05, 3.63) is 23.0 Å². The highest BCUT2D eigenvalue weighted by Gasteiger charge is 2.32. The Balaban J connectivity index is 2.23. The molecular formula is C15H20N2OS. The van der Waals surface area contributed by atoms with Gasteiger partial charge < -0.3 is 14.3 Å². The van der Waals surface area contributed by atoms with E-state index < -0.39 is 0 Å². The minimum Gasteiger partial charge on any atom is -0.492 e. The van der Waals surface area contributed by atoms with Crippen LogP contribution in [-0.4, -0.2) is 16.2 Å². The highest BCUT2D eigenvalue weighted by Crippen LogP contribution is 2.39. The van der Waals surface area contributed by atoms with E-state index in [9.17, 15) is 0 Å². The van der Waals surface area contributed by atoms with Crippen molar-refractivity contribution < 1.29 is 4.74 Å². The molecule has 3 rings (SSSR count). The standard InChI is InChI=1S/C15H20N2OS/c1-3-18-12-8-6-7-11-13(12)16-14(19)17(11)15(2)9-4-5-10-15/h6-8H,3-5,9-10H2,1-2H3,(H,16,19). The third-order valence-corrected chi connectivity index (χ3v) is 4.49. The molecule has 102 valence electrons. The van der Waals surface area contributed by atoms with Gasteiger partial charge >= 0.3 is 0 Å². The molecule has 0 atom stereocenters. The summed E-state index contributed by atoms with van der Waals surface area (Å²) in [6.45, 7) is 4.99. The van der Waals surface area contributed by atoms with Crippen LogP contribution in [0.1, 0.15) is 39.5 Å². The number of aromatic amines is 1. The minimum absolute atomic E-state index is 0.153. The molecule has 1 N–H and O–H groups in total. The number of nitrogens with zero attached hydrogens (tertiary/aromatic N) is 1. The number of benzene rings is 1. The zero-order valence-corrected chi connectivity index (χ0v) is 12.3. The first-order chi connectivity index (χ1) is 9.15. The SMILES string of the molecule is CCOc1cccc2c1[nH]c(=S)n2C1(C)CCCC1. The predicted octanol–water partition coefficient (Wildman–Crippen LogP) is 4.39. The number of para-hydroxylation sites is 1. The molecule has 1 aliphatic rings. The van der Waals surface area contributed by atoms with E-state index in [-0.39, 0.29) is 5.54 Å². The topological polar surface area (TPSA) is 29.9 Å². The minimum atomic E-state index is 0.153. The van der Waals surface area contributed by atoms with Gasteiger partial charge in [0.05, 0.1) is 12.1 Å².